The molecule has 1 atom stereocenters. The number of carbonyl (C=O) groups is 1. The zero-order chi connectivity index (χ0) is 20.1. The molecule has 1 heterocycles. The number of ether oxygens (including phenoxy) is 2. The molecule has 1 aromatic rings. The van der Waals surface area contributed by atoms with Crippen LogP contribution in [0.3, 0.4) is 0 Å². The van der Waals surface area contributed by atoms with Crippen molar-refractivity contribution in [2.75, 3.05) is 20.3 Å². The number of hydrogen-bond donors (Lipinski definition) is 1. The SMILES string of the molecule is CNC(=O)c1ccc(C(F)(F)S(=O)(=O)OF)c(CCOC2CCCCO2)c1. The summed E-state index contributed by atoms with van der Waals surface area (Å²) in [6, 6.07) is 2.89. The highest BCUT2D eigenvalue weighted by atomic mass is 32.2. The molecule has 0 spiro atoms. The number of hydrogen-bond acceptors (Lipinski definition) is 6. The van der Waals surface area contributed by atoms with Crippen LogP contribution in [0.2, 0.25) is 0 Å². The number of carbonyl (C=O) groups excluding carboxylic acids is 1. The molecule has 0 radical (unpaired) electrons. The molecular weight excluding hydrogens is 391 g/mol. The van der Waals surface area contributed by atoms with E-state index in [2.05, 4.69) is 9.70 Å². The van der Waals surface area contributed by atoms with Crippen LogP contribution in [0.25, 0.3) is 0 Å². The third-order valence-electron chi connectivity index (χ3n) is 4.12. The zero-order valence-corrected chi connectivity index (χ0v) is 15.4. The minimum absolute atomic E-state index is 0.0412. The van der Waals surface area contributed by atoms with Gasteiger partial charge in [-0.25, -0.2) is 0 Å². The van der Waals surface area contributed by atoms with Crippen LogP contribution in [0.1, 0.15) is 40.7 Å². The van der Waals surface area contributed by atoms with Crippen molar-refractivity contribution >= 4 is 16.0 Å². The number of alkyl halides is 2. The minimum atomic E-state index is -5.82. The number of nitrogens with one attached hydrogen (secondary N) is 1. The summed E-state index contributed by atoms with van der Waals surface area (Å²) in [5.41, 5.74) is -1.13. The first-order chi connectivity index (χ1) is 12.7. The van der Waals surface area contributed by atoms with Gasteiger partial charge < -0.3 is 14.8 Å². The summed E-state index contributed by atoms with van der Waals surface area (Å²) in [6.07, 6.45) is 1.86. The van der Waals surface area contributed by atoms with E-state index in [9.17, 15) is 26.5 Å². The van der Waals surface area contributed by atoms with Gasteiger partial charge in [0.15, 0.2) is 6.29 Å². The fourth-order valence-corrected chi connectivity index (χ4v) is 3.23. The van der Waals surface area contributed by atoms with Gasteiger partial charge >= 0.3 is 15.4 Å². The van der Waals surface area contributed by atoms with Crippen LogP contribution in [0.4, 0.5) is 13.3 Å². The Morgan fingerprint density at radius 3 is 2.70 bits per heavy atom. The molecule has 0 saturated carbocycles. The summed E-state index contributed by atoms with van der Waals surface area (Å²) in [6.45, 7) is 0.480. The van der Waals surface area contributed by atoms with Gasteiger partial charge in [-0.1, -0.05) is 10.5 Å². The van der Waals surface area contributed by atoms with Gasteiger partial charge in [0, 0.05) is 24.8 Å². The molecule has 1 fully saturated rings. The van der Waals surface area contributed by atoms with Crippen molar-refractivity contribution in [1.29, 1.82) is 0 Å². The summed E-state index contributed by atoms with van der Waals surface area (Å²) in [7, 11) is -4.47. The van der Waals surface area contributed by atoms with Crippen molar-refractivity contribution in [3.63, 3.8) is 0 Å². The highest BCUT2D eigenvalue weighted by Crippen LogP contribution is 2.38. The van der Waals surface area contributed by atoms with E-state index >= 15 is 0 Å². The van der Waals surface area contributed by atoms with Gasteiger partial charge in [-0.15, -0.1) is 0 Å². The summed E-state index contributed by atoms with van der Waals surface area (Å²) < 4.78 is 76.6. The van der Waals surface area contributed by atoms with Crippen LogP contribution < -0.4 is 5.32 Å². The number of halogens is 3. The number of benzene rings is 1. The third kappa shape index (κ3) is 4.98. The van der Waals surface area contributed by atoms with E-state index in [4.69, 9.17) is 9.47 Å². The number of amides is 1. The maximum Gasteiger partial charge on any atom is 0.398 e. The third-order valence-corrected chi connectivity index (χ3v) is 5.13. The largest absolute Gasteiger partial charge is 0.398 e. The second-order valence-electron chi connectivity index (χ2n) is 5.90. The molecule has 0 aromatic heterocycles. The fourth-order valence-electron chi connectivity index (χ4n) is 2.69. The smallest absolute Gasteiger partial charge is 0.355 e. The summed E-state index contributed by atoms with van der Waals surface area (Å²) in [5, 5.41) is -2.30. The van der Waals surface area contributed by atoms with Crippen LogP contribution in [-0.4, -0.2) is 40.9 Å². The Balaban J connectivity index is 2.28. The molecule has 1 unspecified atom stereocenters. The first kappa shape index (κ1) is 21.6. The average Bonchev–Trinajstić information content (AvgIpc) is 2.67. The summed E-state index contributed by atoms with van der Waals surface area (Å²) in [4.78, 5) is 11.7. The molecule has 1 N–H and O–H groups in total. The molecule has 2 rings (SSSR count). The molecule has 1 aliphatic rings. The summed E-state index contributed by atoms with van der Waals surface area (Å²) >= 11 is 0. The minimum Gasteiger partial charge on any atom is -0.355 e. The first-order valence-electron chi connectivity index (χ1n) is 8.24. The molecule has 1 aliphatic heterocycles. The molecule has 0 aliphatic carbocycles. The zero-order valence-electron chi connectivity index (χ0n) is 14.5. The highest BCUT2D eigenvalue weighted by molar-refractivity contribution is 7.87. The molecule has 1 saturated heterocycles. The van der Waals surface area contributed by atoms with Crippen LogP contribution in [-0.2, 0) is 35.7 Å². The van der Waals surface area contributed by atoms with E-state index in [1.165, 1.54) is 7.05 Å². The monoisotopic (exact) mass is 411 g/mol. The average molecular weight is 411 g/mol. The Labute approximate surface area is 154 Å². The van der Waals surface area contributed by atoms with Gasteiger partial charge in [-0.05, 0) is 47.9 Å². The van der Waals surface area contributed by atoms with Gasteiger partial charge in [0.05, 0.1) is 6.61 Å². The lowest BCUT2D eigenvalue weighted by Gasteiger charge is -2.23. The Bertz CT molecular complexity index is 765. The lowest BCUT2D eigenvalue weighted by Crippen LogP contribution is -2.29. The fraction of sp³-hybridized carbons (Fsp3) is 0.562. The molecule has 1 aromatic carbocycles. The van der Waals surface area contributed by atoms with E-state index < -0.39 is 33.1 Å². The van der Waals surface area contributed by atoms with Crippen molar-refractivity contribution in [2.24, 2.45) is 0 Å². The second-order valence-corrected chi connectivity index (χ2v) is 7.45. The maximum absolute atomic E-state index is 14.3. The second kappa shape index (κ2) is 9.00. The highest BCUT2D eigenvalue weighted by Gasteiger charge is 2.50. The summed E-state index contributed by atoms with van der Waals surface area (Å²) in [5.74, 6) is -0.549. The predicted octanol–water partition coefficient (Wildman–Crippen LogP) is 2.41. The Hall–Kier alpha value is -1.69. The van der Waals surface area contributed by atoms with Crippen LogP contribution >= 0.6 is 0 Å². The van der Waals surface area contributed by atoms with E-state index in [0.717, 1.165) is 31.0 Å². The van der Waals surface area contributed by atoms with Crippen LogP contribution in [0.5, 0.6) is 0 Å². The quantitative estimate of drug-likeness (QED) is 0.707. The van der Waals surface area contributed by atoms with Gasteiger partial charge in [0.2, 0.25) is 0 Å². The molecule has 7 nitrogen and oxygen atoms in total. The van der Waals surface area contributed by atoms with Crippen LogP contribution in [0.15, 0.2) is 18.2 Å². The van der Waals surface area contributed by atoms with Crippen LogP contribution in [0, 0.1) is 0 Å². The van der Waals surface area contributed by atoms with Crippen molar-refractivity contribution in [3.05, 3.63) is 34.9 Å². The van der Waals surface area contributed by atoms with Gasteiger partial charge in [-0.2, -0.15) is 17.2 Å². The van der Waals surface area contributed by atoms with E-state index in [1.54, 1.807) is 0 Å². The molecule has 11 heteroatoms. The van der Waals surface area contributed by atoms with Crippen molar-refractivity contribution < 1.29 is 40.4 Å². The lowest BCUT2D eigenvalue weighted by molar-refractivity contribution is -0.161. The Morgan fingerprint density at radius 2 is 2.11 bits per heavy atom. The predicted molar refractivity (Wildman–Crippen MR) is 88.1 cm³/mol. The van der Waals surface area contributed by atoms with Crippen molar-refractivity contribution in [1.82, 2.24) is 5.32 Å². The molecule has 152 valence electrons. The van der Waals surface area contributed by atoms with Gasteiger partial charge in [0.25, 0.3) is 5.91 Å². The first-order valence-corrected chi connectivity index (χ1v) is 9.65. The molecule has 27 heavy (non-hydrogen) atoms. The number of rotatable bonds is 8. The topological polar surface area (TPSA) is 90.9 Å². The van der Waals surface area contributed by atoms with Crippen molar-refractivity contribution in [2.45, 2.75) is 37.2 Å². The van der Waals surface area contributed by atoms with E-state index in [0.29, 0.717) is 13.0 Å². The molecule has 1 amide bonds. The van der Waals surface area contributed by atoms with E-state index in [-0.39, 0.29) is 24.2 Å². The Morgan fingerprint density at radius 1 is 1.37 bits per heavy atom. The maximum atomic E-state index is 14.3. The normalized spacial score (nSPS) is 18.3. The van der Waals surface area contributed by atoms with E-state index in [1.807, 2.05) is 0 Å². The standard InChI is InChI=1S/C16H20F3NO6S/c1-20-15(21)12-5-6-13(16(17,18)27(22,23)26-19)11(10-12)7-9-25-14-4-2-3-8-24-14/h5-6,10,14H,2-4,7-9H2,1H3,(H,20,21). The van der Waals surface area contributed by atoms with Crippen molar-refractivity contribution in [3.8, 4) is 0 Å². The molecular formula is C16H20F3NO6S. The molecule has 0 bridgehead atoms. The Kier molecular flexibility index (Phi) is 7.20. The van der Waals surface area contributed by atoms with Gasteiger partial charge in [-0.3, -0.25) is 4.79 Å². The lowest BCUT2D eigenvalue weighted by atomic mass is 10.0. The van der Waals surface area contributed by atoms with Gasteiger partial charge in [0.1, 0.15) is 0 Å².